The van der Waals surface area contributed by atoms with Crippen molar-refractivity contribution in [1.29, 1.82) is 0 Å². The molecule has 1 aromatic carbocycles. The summed E-state index contributed by atoms with van der Waals surface area (Å²) in [5, 5.41) is 2.90. The van der Waals surface area contributed by atoms with Crippen molar-refractivity contribution in [2.24, 2.45) is 5.92 Å². The Balaban J connectivity index is 1.95. The van der Waals surface area contributed by atoms with E-state index in [1.807, 2.05) is 0 Å². The number of rotatable bonds is 3. The standard InChI is InChI=1S/C15H19NO3/c1-19-15(18)12-7-9-13(10-8-12)16-14(17)11-5-3-2-4-6-11/h7-11H,2-6H2,1H3,(H,16,17). The third-order valence-electron chi connectivity index (χ3n) is 3.55. The second-order valence-corrected chi connectivity index (χ2v) is 4.89. The van der Waals surface area contributed by atoms with Gasteiger partial charge in [-0.2, -0.15) is 0 Å². The second kappa shape index (κ2) is 6.36. The predicted octanol–water partition coefficient (Wildman–Crippen LogP) is 2.99. The van der Waals surface area contributed by atoms with Gasteiger partial charge in [0.25, 0.3) is 0 Å². The zero-order valence-electron chi connectivity index (χ0n) is 11.1. The molecule has 0 heterocycles. The Morgan fingerprint density at radius 1 is 1.11 bits per heavy atom. The van der Waals surface area contributed by atoms with E-state index < -0.39 is 0 Å². The van der Waals surface area contributed by atoms with Crippen LogP contribution in [0, 0.1) is 5.92 Å². The average Bonchev–Trinajstić information content (AvgIpc) is 2.48. The van der Waals surface area contributed by atoms with E-state index in [1.165, 1.54) is 13.5 Å². The van der Waals surface area contributed by atoms with Crippen molar-refractivity contribution in [2.45, 2.75) is 32.1 Å². The summed E-state index contributed by atoms with van der Waals surface area (Å²) in [4.78, 5) is 23.3. The molecular weight excluding hydrogens is 242 g/mol. The first kappa shape index (κ1) is 13.6. The Morgan fingerprint density at radius 3 is 2.32 bits per heavy atom. The lowest BCUT2D eigenvalue weighted by Crippen LogP contribution is -2.24. The molecule has 0 spiro atoms. The molecule has 1 saturated carbocycles. The van der Waals surface area contributed by atoms with Crippen LogP contribution in [0.2, 0.25) is 0 Å². The minimum absolute atomic E-state index is 0.0884. The molecule has 2 rings (SSSR count). The van der Waals surface area contributed by atoms with Crippen LogP contribution in [0.15, 0.2) is 24.3 Å². The Hall–Kier alpha value is -1.84. The number of hydrogen-bond acceptors (Lipinski definition) is 3. The second-order valence-electron chi connectivity index (χ2n) is 4.89. The minimum Gasteiger partial charge on any atom is -0.465 e. The molecule has 102 valence electrons. The highest BCUT2D eigenvalue weighted by molar-refractivity contribution is 5.94. The van der Waals surface area contributed by atoms with Gasteiger partial charge in [-0.3, -0.25) is 4.79 Å². The van der Waals surface area contributed by atoms with Crippen LogP contribution in [-0.2, 0) is 9.53 Å². The van der Waals surface area contributed by atoms with Crippen LogP contribution in [0.25, 0.3) is 0 Å². The fraction of sp³-hybridized carbons (Fsp3) is 0.467. The zero-order valence-corrected chi connectivity index (χ0v) is 11.1. The van der Waals surface area contributed by atoms with Crippen molar-refractivity contribution >= 4 is 17.6 Å². The van der Waals surface area contributed by atoms with Crippen molar-refractivity contribution in [2.75, 3.05) is 12.4 Å². The quantitative estimate of drug-likeness (QED) is 0.851. The van der Waals surface area contributed by atoms with E-state index in [0.717, 1.165) is 31.4 Å². The number of nitrogens with one attached hydrogen (secondary N) is 1. The number of carbonyl (C=O) groups is 2. The van der Waals surface area contributed by atoms with Gasteiger partial charge in [-0.1, -0.05) is 19.3 Å². The van der Waals surface area contributed by atoms with Crippen LogP contribution in [0.5, 0.6) is 0 Å². The number of methoxy groups -OCH3 is 1. The molecule has 4 nitrogen and oxygen atoms in total. The summed E-state index contributed by atoms with van der Waals surface area (Å²) in [5.74, 6) is -0.148. The molecule has 1 aliphatic carbocycles. The summed E-state index contributed by atoms with van der Waals surface area (Å²) in [7, 11) is 1.35. The molecule has 1 aliphatic rings. The van der Waals surface area contributed by atoms with Gasteiger partial charge in [-0.15, -0.1) is 0 Å². The highest BCUT2D eigenvalue weighted by Crippen LogP contribution is 2.25. The van der Waals surface area contributed by atoms with Gasteiger partial charge in [0.2, 0.25) is 5.91 Å². The smallest absolute Gasteiger partial charge is 0.337 e. The first-order valence-corrected chi connectivity index (χ1v) is 6.70. The van der Waals surface area contributed by atoms with Gasteiger partial charge in [-0.25, -0.2) is 4.79 Å². The lowest BCUT2D eigenvalue weighted by Gasteiger charge is -2.20. The molecule has 1 amide bonds. The average molecular weight is 261 g/mol. The van der Waals surface area contributed by atoms with Gasteiger partial charge in [0.1, 0.15) is 0 Å². The fourth-order valence-corrected chi connectivity index (χ4v) is 2.42. The van der Waals surface area contributed by atoms with Crippen molar-refractivity contribution in [1.82, 2.24) is 0 Å². The summed E-state index contributed by atoms with van der Waals surface area (Å²) in [5.41, 5.74) is 1.21. The molecule has 19 heavy (non-hydrogen) atoms. The fourth-order valence-electron chi connectivity index (χ4n) is 2.42. The summed E-state index contributed by atoms with van der Waals surface area (Å²) >= 11 is 0. The summed E-state index contributed by atoms with van der Waals surface area (Å²) in [6.07, 6.45) is 5.47. The zero-order chi connectivity index (χ0) is 13.7. The maximum atomic E-state index is 12.0. The van der Waals surface area contributed by atoms with E-state index >= 15 is 0 Å². The summed E-state index contributed by atoms with van der Waals surface area (Å²) in [6.45, 7) is 0. The van der Waals surface area contributed by atoms with Crippen molar-refractivity contribution < 1.29 is 14.3 Å². The van der Waals surface area contributed by atoms with Gasteiger partial charge in [0.05, 0.1) is 12.7 Å². The van der Waals surface area contributed by atoms with Crippen molar-refractivity contribution in [3.8, 4) is 0 Å². The van der Waals surface area contributed by atoms with Crippen molar-refractivity contribution in [3.05, 3.63) is 29.8 Å². The third-order valence-corrected chi connectivity index (χ3v) is 3.55. The Kier molecular flexibility index (Phi) is 4.55. The van der Waals surface area contributed by atoms with Gasteiger partial charge in [-0.05, 0) is 37.1 Å². The number of hydrogen-bond donors (Lipinski definition) is 1. The Morgan fingerprint density at radius 2 is 1.74 bits per heavy atom. The molecule has 0 bridgehead atoms. The van der Waals surface area contributed by atoms with Crippen LogP contribution in [0.4, 0.5) is 5.69 Å². The largest absolute Gasteiger partial charge is 0.465 e. The highest BCUT2D eigenvalue weighted by atomic mass is 16.5. The van der Waals surface area contributed by atoms with E-state index in [-0.39, 0.29) is 17.8 Å². The maximum Gasteiger partial charge on any atom is 0.337 e. The molecule has 0 atom stereocenters. The van der Waals surface area contributed by atoms with Gasteiger partial charge in [0, 0.05) is 11.6 Å². The monoisotopic (exact) mass is 261 g/mol. The molecule has 4 heteroatoms. The number of benzene rings is 1. The van der Waals surface area contributed by atoms with Crippen LogP contribution < -0.4 is 5.32 Å². The summed E-state index contributed by atoms with van der Waals surface area (Å²) < 4.78 is 4.63. The third kappa shape index (κ3) is 3.56. The molecular formula is C15H19NO3. The first-order valence-electron chi connectivity index (χ1n) is 6.70. The Bertz CT molecular complexity index is 447. The van der Waals surface area contributed by atoms with Gasteiger partial charge < -0.3 is 10.1 Å². The maximum absolute atomic E-state index is 12.0. The SMILES string of the molecule is COC(=O)c1ccc(NC(=O)C2CCCCC2)cc1. The Labute approximate surface area is 113 Å². The van der Waals surface area contributed by atoms with Crippen LogP contribution >= 0.6 is 0 Å². The minimum atomic E-state index is -0.370. The molecule has 1 fully saturated rings. The van der Waals surface area contributed by atoms with Crippen molar-refractivity contribution in [3.63, 3.8) is 0 Å². The van der Waals surface area contributed by atoms with Crippen LogP contribution in [0.1, 0.15) is 42.5 Å². The molecule has 0 aliphatic heterocycles. The molecule has 1 N–H and O–H groups in total. The van der Waals surface area contributed by atoms with Gasteiger partial charge >= 0.3 is 5.97 Å². The molecule has 0 saturated heterocycles. The van der Waals surface area contributed by atoms with Gasteiger partial charge in [0.15, 0.2) is 0 Å². The number of anilines is 1. The van der Waals surface area contributed by atoms with Crippen LogP contribution in [-0.4, -0.2) is 19.0 Å². The number of amides is 1. The molecule has 0 aromatic heterocycles. The summed E-state index contributed by atoms with van der Waals surface area (Å²) in [6, 6.07) is 6.77. The lowest BCUT2D eigenvalue weighted by atomic mass is 9.88. The van der Waals surface area contributed by atoms with E-state index in [2.05, 4.69) is 10.1 Å². The highest BCUT2D eigenvalue weighted by Gasteiger charge is 2.20. The van der Waals surface area contributed by atoms with E-state index in [1.54, 1.807) is 24.3 Å². The van der Waals surface area contributed by atoms with E-state index in [9.17, 15) is 9.59 Å². The number of ether oxygens (including phenoxy) is 1. The van der Waals surface area contributed by atoms with E-state index in [0.29, 0.717) is 5.56 Å². The first-order chi connectivity index (χ1) is 9.20. The van der Waals surface area contributed by atoms with Crippen LogP contribution in [0.3, 0.4) is 0 Å². The topological polar surface area (TPSA) is 55.4 Å². The normalized spacial score (nSPS) is 15.8. The number of esters is 1. The molecule has 0 radical (unpaired) electrons. The number of carbonyl (C=O) groups excluding carboxylic acids is 2. The molecule has 1 aromatic rings. The lowest BCUT2D eigenvalue weighted by molar-refractivity contribution is -0.120. The van der Waals surface area contributed by atoms with E-state index in [4.69, 9.17) is 0 Å². The molecule has 0 unspecified atom stereocenters. The predicted molar refractivity (Wildman–Crippen MR) is 73.0 cm³/mol.